The molecule has 0 aliphatic heterocycles. The number of unbranched alkanes of at least 4 members (excludes halogenated alkanes) is 11. The van der Waals surface area contributed by atoms with E-state index in [9.17, 15) is 18.0 Å². The van der Waals surface area contributed by atoms with Crippen LogP contribution in [0.5, 0.6) is 0 Å². The third kappa shape index (κ3) is 20.1. The average Bonchev–Trinajstić information content (AvgIpc) is 2.55. The normalized spacial score (nSPS) is 11.8. The van der Waals surface area contributed by atoms with Gasteiger partial charge in [0.1, 0.15) is 0 Å². The van der Waals surface area contributed by atoms with Crippen LogP contribution < -0.4 is 0 Å². The summed E-state index contributed by atoms with van der Waals surface area (Å²) in [5, 5.41) is 6.54. The van der Waals surface area contributed by atoms with Crippen molar-refractivity contribution >= 4 is 81.2 Å². The van der Waals surface area contributed by atoms with Crippen molar-refractivity contribution in [2.45, 2.75) is 95.6 Å². The van der Waals surface area contributed by atoms with Crippen molar-refractivity contribution < 1.29 is 32.4 Å². The monoisotopic (exact) mass is 442 g/mol. The van der Waals surface area contributed by atoms with Crippen LogP contribution in [-0.4, -0.2) is 101 Å². The fourth-order valence-corrected chi connectivity index (χ4v) is 3.34. The Hall–Kier alpha value is 0.850. The molecule has 10 heteroatoms. The molecule has 0 aromatic rings. The molecule has 1 unspecified atom stereocenters. The molecule has 2 N–H and O–H groups in total. The number of rotatable bonds is 17. The van der Waals surface area contributed by atoms with E-state index in [-0.39, 0.29) is 65.7 Å². The summed E-state index contributed by atoms with van der Waals surface area (Å²) in [6.45, 7) is 2.24. The summed E-state index contributed by atoms with van der Waals surface area (Å²) >= 11 is 0. The molecule has 0 aliphatic rings. The molecule has 28 heavy (non-hydrogen) atoms. The number of hydrogen-bond acceptors (Lipinski definition) is 5. The predicted molar refractivity (Wildman–Crippen MR) is 114 cm³/mol. The third-order valence-corrected chi connectivity index (χ3v) is 5.30. The maximum atomic E-state index is 11.6. The molecule has 7 nitrogen and oxygen atoms in total. The van der Waals surface area contributed by atoms with Gasteiger partial charge in [-0.25, -0.2) is 0 Å². The van der Waals surface area contributed by atoms with Crippen LogP contribution in [0.25, 0.3) is 0 Å². The molecule has 0 aromatic heterocycles. The van der Waals surface area contributed by atoms with Gasteiger partial charge in [0.2, 0.25) is 0 Å². The molecule has 0 rings (SSSR count). The van der Waals surface area contributed by atoms with Gasteiger partial charge in [-0.1, -0.05) is 77.6 Å². The van der Waals surface area contributed by atoms with E-state index in [4.69, 9.17) is 14.4 Å². The summed E-state index contributed by atoms with van der Waals surface area (Å²) < 4.78 is 35.8. The second kappa shape index (κ2) is 21.1. The van der Waals surface area contributed by atoms with E-state index in [2.05, 4.69) is 6.92 Å². The summed E-state index contributed by atoms with van der Waals surface area (Å²) in [6, 6.07) is 0. The van der Waals surface area contributed by atoms with Gasteiger partial charge >= 0.3 is 71.1 Å². The zero-order valence-electron chi connectivity index (χ0n) is 15.8. The van der Waals surface area contributed by atoms with Crippen LogP contribution in [0.1, 0.15) is 90.4 Å². The second-order valence-electron chi connectivity index (χ2n) is 6.66. The van der Waals surface area contributed by atoms with Crippen LogP contribution in [0.3, 0.4) is 0 Å². The summed E-state index contributed by atoms with van der Waals surface area (Å²) in [4.78, 5) is 22.2. The van der Waals surface area contributed by atoms with Crippen molar-refractivity contribution in [3.8, 4) is 0 Å². The number of aliphatic carboxylic acids is 1. The first-order valence-corrected chi connectivity index (χ1v) is 11.1. The predicted octanol–water partition coefficient (Wildman–Crippen LogP) is 2.66. The van der Waals surface area contributed by atoms with Crippen molar-refractivity contribution in [2.75, 3.05) is 6.61 Å². The Bertz CT molecular complexity index is 498. The molecule has 0 aromatic carbocycles. The van der Waals surface area contributed by atoms with E-state index in [1.807, 2.05) is 0 Å². The van der Waals surface area contributed by atoms with Gasteiger partial charge in [0.15, 0.2) is 5.25 Å². The van der Waals surface area contributed by atoms with Gasteiger partial charge in [-0.15, -0.1) is 0 Å². The third-order valence-electron chi connectivity index (χ3n) is 4.22. The molecule has 0 spiro atoms. The Balaban J connectivity index is -0.00000312. The summed E-state index contributed by atoms with van der Waals surface area (Å²) in [6.07, 6.45) is 12.9. The summed E-state index contributed by atoms with van der Waals surface area (Å²) in [5.74, 6) is -2.70. The first-order chi connectivity index (χ1) is 12.3. The zero-order chi connectivity index (χ0) is 19.8. The van der Waals surface area contributed by atoms with Gasteiger partial charge in [0, 0.05) is 0 Å². The molecule has 0 bridgehead atoms. The van der Waals surface area contributed by atoms with Gasteiger partial charge in [0.25, 0.3) is 10.1 Å². The Morgan fingerprint density at radius 2 is 1.21 bits per heavy atom. The molecular weight excluding hydrogens is 406 g/mol. The Morgan fingerprint density at radius 3 is 1.57 bits per heavy atom. The van der Waals surface area contributed by atoms with Crippen LogP contribution in [0.2, 0.25) is 0 Å². The molecule has 0 saturated carbocycles. The van der Waals surface area contributed by atoms with Crippen molar-refractivity contribution in [2.24, 2.45) is 0 Å². The van der Waals surface area contributed by atoms with Gasteiger partial charge in [-0.05, 0) is 6.42 Å². The fourth-order valence-electron chi connectivity index (χ4n) is 2.68. The van der Waals surface area contributed by atoms with Crippen LogP contribution in [0.4, 0.5) is 0 Å². The van der Waals surface area contributed by atoms with E-state index in [0.717, 1.165) is 19.3 Å². The van der Waals surface area contributed by atoms with Crippen LogP contribution in [0.15, 0.2) is 0 Å². The van der Waals surface area contributed by atoms with E-state index in [1.54, 1.807) is 0 Å². The number of ether oxygens (including phenoxy) is 1. The molecule has 0 amide bonds. The first-order valence-electron chi connectivity index (χ1n) is 9.63. The van der Waals surface area contributed by atoms with Crippen LogP contribution in [0, 0.1) is 0 Å². The topological polar surface area (TPSA) is 118 Å². The quantitative estimate of drug-likeness (QED) is 0.154. The number of carbonyl (C=O) groups is 2. The van der Waals surface area contributed by atoms with E-state index >= 15 is 0 Å². The minimum atomic E-state index is -4.78. The molecule has 158 valence electrons. The molecule has 0 heterocycles. The van der Waals surface area contributed by atoms with E-state index in [0.29, 0.717) is 6.42 Å². The SMILES string of the molecule is CCCCCCCCCCCCCCOC(=O)C(CC(=O)O)S(=O)(=O)O.[NaH].[NaH]. The second-order valence-corrected chi connectivity index (χ2v) is 8.26. The standard InChI is InChI=1S/C18H34O7S.2Na.2H/c1-2-3-4-5-6-7-8-9-10-11-12-13-14-25-18(21)16(15-17(19)20)26(22,23)24;;;;/h16H,2-15H2,1H3,(H,19,20)(H,22,23,24);;;;. The number of esters is 1. The molecule has 0 radical (unpaired) electrons. The van der Waals surface area contributed by atoms with Crippen molar-refractivity contribution in [3.05, 3.63) is 0 Å². The molecule has 1 atom stereocenters. The zero-order valence-corrected chi connectivity index (χ0v) is 16.6. The van der Waals surface area contributed by atoms with Gasteiger partial charge in [-0.2, -0.15) is 8.42 Å². The fraction of sp³-hybridized carbons (Fsp3) is 0.889. The molecule has 0 fully saturated rings. The van der Waals surface area contributed by atoms with Crippen LogP contribution >= 0.6 is 0 Å². The van der Waals surface area contributed by atoms with Gasteiger partial charge in [-0.3, -0.25) is 14.1 Å². The minimum absolute atomic E-state index is 0. The Kier molecular flexibility index (Phi) is 25.2. The molecule has 0 saturated heterocycles. The van der Waals surface area contributed by atoms with E-state index in [1.165, 1.54) is 51.4 Å². The Morgan fingerprint density at radius 1 is 0.821 bits per heavy atom. The van der Waals surface area contributed by atoms with Crippen LogP contribution in [-0.2, 0) is 24.4 Å². The summed E-state index contributed by atoms with van der Waals surface area (Å²) in [7, 11) is -4.78. The van der Waals surface area contributed by atoms with Crippen molar-refractivity contribution in [3.63, 3.8) is 0 Å². The number of carboxylic acids is 1. The van der Waals surface area contributed by atoms with Gasteiger partial charge in [0.05, 0.1) is 13.0 Å². The van der Waals surface area contributed by atoms with Gasteiger partial charge < -0.3 is 9.84 Å². The number of hydrogen-bond donors (Lipinski definition) is 2. The van der Waals surface area contributed by atoms with Crippen molar-refractivity contribution in [1.82, 2.24) is 0 Å². The number of carbonyl (C=O) groups excluding carboxylic acids is 1. The van der Waals surface area contributed by atoms with E-state index < -0.39 is 33.7 Å². The first kappa shape index (κ1) is 33.5. The average molecular weight is 443 g/mol. The maximum absolute atomic E-state index is 11.6. The summed E-state index contributed by atoms with van der Waals surface area (Å²) in [5.41, 5.74) is 0. The molecular formula is C18H36Na2O7S. The Labute approximate surface area is 214 Å². The number of carboxylic acid groups (broad SMARTS) is 1. The van der Waals surface area contributed by atoms with Crippen molar-refractivity contribution in [1.29, 1.82) is 0 Å². The molecule has 0 aliphatic carbocycles.